The Morgan fingerprint density at radius 2 is 2.09 bits per heavy atom. The highest BCUT2D eigenvalue weighted by molar-refractivity contribution is 7.88. The number of aryl methyl sites for hydroxylation is 1. The van der Waals surface area contributed by atoms with Crippen molar-refractivity contribution < 1.29 is 22.7 Å². The lowest BCUT2D eigenvalue weighted by Gasteiger charge is -2.38. The molecule has 1 aliphatic rings. The molecule has 3 aromatic heterocycles. The van der Waals surface area contributed by atoms with E-state index in [1.54, 1.807) is 37.8 Å². The van der Waals surface area contributed by atoms with Crippen molar-refractivity contribution in [3.05, 3.63) is 46.8 Å². The molecule has 1 saturated heterocycles. The zero-order chi connectivity index (χ0) is 23.8. The van der Waals surface area contributed by atoms with Crippen LogP contribution in [0.5, 0.6) is 5.75 Å². The van der Waals surface area contributed by atoms with Crippen LogP contribution in [-0.4, -0.2) is 77.4 Å². The Balaban J connectivity index is 1.69. The van der Waals surface area contributed by atoms with E-state index in [4.69, 9.17) is 14.3 Å². The summed E-state index contributed by atoms with van der Waals surface area (Å²) < 4.78 is 38.5. The lowest BCUT2D eigenvalue weighted by molar-refractivity contribution is 0.115. The van der Waals surface area contributed by atoms with E-state index < -0.39 is 10.0 Å². The van der Waals surface area contributed by atoms with Crippen molar-refractivity contribution in [3.8, 4) is 16.9 Å². The number of pyridine rings is 2. The predicted molar refractivity (Wildman–Crippen MR) is 124 cm³/mol. The summed E-state index contributed by atoms with van der Waals surface area (Å²) in [5.41, 5.74) is 1.67. The molecule has 0 saturated carbocycles. The first kappa shape index (κ1) is 23.4. The molecular formula is C22H28N4O6S. The van der Waals surface area contributed by atoms with Gasteiger partial charge in [0.2, 0.25) is 10.0 Å². The van der Waals surface area contributed by atoms with Gasteiger partial charge < -0.3 is 18.8 Å². The fourth-order valence-electron chi connectivity index (χ4n) is 4.14. The molecule has 0 radical (unpaired) electrons. The van der Waals surface area contributed by atoms with E-state index in [1.165, 1.54) is 15.1 Å². The predicted octanol–water partition coefficient (Wildman–Crippen LogP) is 1.03. The first-order valence-corrected chi connectivity index (χ1v) is 12.5. The van der Waals surface area contributed by atoms with Gasteiger partial charge in [0, 0.05) is 56.2 Å². The average molecular weight is 477 g/mol. The lowest BCUT2D eigenvalue weighted by atomic mass is 10.1. The van der Waals surface area contributed by atoms with Crippen molar-refractivity contribution in [2.45, 2.75) is 19.5 Å². The first-order chi connectivity index (χ1) is 15.7. The van der Waals surface area contributed by atoms with Gasteiger partial charge in [-0.3, -0.25) is 14.7 Å². The van der Waals surface area contributed by atoms with Gasteiger partial charge in [-0.05, 0) is 19.1 Å². The van der Waals surface area contributed by atoms with Crippen LogP contribution in [-0.2, 0) is 23.6 Å². The standard InChI is InChI=1S/C22H28N4O6S/c1-15-12-26(33(3,29)30)7-6-25(15)13-16-10-18-21(32-16)19(14-24(2)22(18)28)17-4-5-23-11-20(17)31-9-8-27/h4-5,10-11,14-15,27H,6-9,12-13H2,1-3H3/t15-/m1/s1. The van der Waals surface area contributed by atoms with Crippen LogP contribution in [0.15, 0.2) is 39.9 Å². The second-order valence-corrected chi connectivity index (χ2v) is 10.3. The number of fused-ring (bicyclic) bond motifs is 1. The zero-order valence-electron chi connectivity index (χ0n) is 18.9. The molecule has 0 spiro atoms. The molecule has 178 valence electrons. The van der Waals surface area contributed by atoms with Crippen LogP contribution >= 0.6 is 0 Å². The number of hydrogen-bond acceptors (Lipinski definition) is 8. The Labute approximate surface area is 192 Å². The highest BCUT2D eigenvalue weighted by Crippen LogP contribution is 2.35. The van der Waals surface area contributed by atoms with E-state index in [2.05, 4.69) is 9.88 Å². The minimum atomic E-state index is -3.23. The van der Waals surface area contributed by atoms with E-state index in [0.29, 0.717) is 59.8 Å². The lowest BCUT2D eigenvalue weighted by Crippen LogP contribution is -2.52. The molecule has 0 aliphatic carbocycles. The largest absolute Gasteiger partial charge is 0.489 e. The molecule has 0 aromatic carbocycles. The Morgan fingerprint density at radius 3 is 2.79 bits per heavy atom. The number of sulfonamides is 1. The Kier molecular flexibility index (Phi) is 6.57. The smallest absolute Gasteiger partial charge is 0.261 e. The topological polar surface area (TPSA) is 118 Å². The minimum Gasteiger partial charge on any atom is -0.489 e. The Bertz CT molecular complexity index is 1320. The van der Waals surface area contributed by atoms with Crippen LogP contribution in [0.3, 0.4) is 0 Å². The third-order valence-corrected chi connectivity index (χ3v) is 7.15. The molecule has 33 heavy (non-hydrogen) atoms. The second-order valence-electron chi connectivity index (χ2n) is 8.30. The van der Waals surface area contributed by atoms with Gasteiger partial charge in [0.05, 0.1) is 31.0 Å². The maximum Gasteiger partial charge on any atom is 0.261 e. The normalized spacial score (nSPS) is 18.1. The molecule has 0 bridgehead atoms. The monoisotopic (exact) mass is 476 g/mol. The SMILES string of the molecule is C[C@@H]1CN(S(C)(=O)=O)CCN1Cc1cc2c(=O)n(C)cc(-c3ccncc3OCCO)c2o1. The summed E-state index contributed by atoms with van der Waals surface area (Å²) in [5.74, 6) is 1.11. The Morgan fingerprint density at radius 1 is 1.30 bits per heavy atom. The van der Waals surface area contributed by atoms with Crippen LogP contribution in [0.1, 0.15) is 12.7 Å². The number of aliphatic hydroxyl groups excluding tert-OH is 1. The van der Waals surface area contributed by atoms with Crippen molar-refractivity contribution in [1.29, 1.82) is 0 Å². The van der Waals surface area contributed by atoms with E-state index in [0.717, 1.165) is 0 Å². The summed E-state index contributed by atoms with van der Waals surface area (Å²) in [7, 11) is -1.55. The fourth-order valence-corrected chi connectivity index (χ4v) is 5.04. The summed E-state index contributed by atoms with van der Waals surface area (Å²) >= 11 is 0. The number of aliphatic hydroxyl groups is 1. The number of ether oxygens (including phenoxy) is 1. The van der Waals surface area contributed by atoms with Crippen LogP contribution in [0.25, 0.3) is 22.1 Å². The summed E-state index contributed by atoms with van der Waals surface area (Å²) in [5, 5.41) is 9.59. The molecule has 1 N–H and O–H groups in total. The van der Waals surface area contributed by atoms with Gasteiger partial charge in [-0.25, -0.2) is 8.42 Å². The van der Waals surface area contributed by atoms with Crippen molar-refractivity contribution in [2.75, 3.05) is 39.1 Å². The maximum absolute atomic E-state index is 12.8. The van der Waals surface area contributed by atoms with E-state index in [1.807, 2.05) is 6.92 Å². The molecule has 1 aliphatic heterocycles. The molecular weight excluding hydrogens is 448 g/mol. The quantitative estimate of drug-likeness (QED) is 0.537. The fraction of sp³-hybridized carbons (Fsp3) is 0.455. The third kappa shape index (κ3) is 4.81. The number of hydrogen-bond donors (Lipinski definition) is 1. The molecule has 4 heterocycles. The summed E-state index contributed by atoms with van der Waals surface area (Å²) in [6.07, 6.45) is 6.12. The van der Waals surface area contributed by atoms with Gasteiger partial charge in [-0.2, -0.15) is 4.31 Å². The summed E-state index contributed by atoms with van der Waals surface area (Å²) in [6, 6.07) is 3.54. The maximum atomic E-state index is 12.8. The van der Waals surface area contributed by atoms with Crippen molar-refractivity contribution >= 4 is 21.0 Å². The molecule has 4 rings (SSSR count). The highest BCUT2D eigenvalue weighted by Gasteiger charge is 2.29. The highest BCUT2D eigenvalue weighted by atomic mass is 32.2. The van der Waals surface area contributed by atoms with E-state index in [-0.39, 0.29) is 24.8 Å². The van der Waals surface area contributed by atoms with Gasteiger partial charge in [0.25, 0.3) is 5.56 Å². The van der Waals surface area contributed by atoms with Crippen LogP contribution in [0.2, 0.25) is 0 Å². The zero-order valence-corrected chi connectivity index (χ0v) is 19.7. The molecule has 1 atom stereocenters. The molecule has 0 unspecified atom stereocenters. The second kappa shape index (κ2) is 9.26. The van der Waals surface area contributed by atoms with E-state index in [9.17, 15) is 13.2 Å². The van der Waals surface area contributed by atoms with Gasteiger partial charge >= 0.3 is 0 Å². The van der Waals surface area contributed by atoms with Crippen LogP contribution < -0.4 is 10.3 Å². The molecule has 3 aromatic rings. The van der Waals surface area contributed by atoms with Gasteiger partial charge in [-0.1, -0.05) is 0 Å². The first-order valence-electron chi connectivity index (χ1n) is 10.7. The van der Waals surface area contributed by atoms with Crippen molar-refractivity contribution in [2.24, 2.45) is 7.05 Å². The van der Waals surface area contributed by atoms with Crippen LogP contribution in [0, 0.1) is 0 Å². The number of furan rings is 1. The molecule has 1 fully saturated rings. The van der Waals surface area contributed by atoms with E-state index >= 15 is 0 Å². The summed E-state index contributed by atoms with van der Waals surface area (Å²) in [6.45, 7) is 3.82. The Hall–Kier alpha value is -2.73. The molecule has 10 nitrogen and oxygen atoms in total. The molecule has 11 heteroatoms. The van der Waals surface area contributed by atoms with Gasteiger partial charge in [-0.15, -0.1) is 0 Å². The van der Waals surface area contributed by atoms with Gasteiger partial charge in [0.15, 0.2) is 0 Å². The van der Waals surface area contributed by atoms with Crippen molar-refractivity contribution in [1.82, 2.24) is 18.8 Å². The number of nitrogens with zero attached hydrogens (tertiary/aromatic N) is 4. The van der Waals surface area contributed by atoms with Crippen LogP contribution in [0.4, 0.5) is 0 Å². The minimum absolute atomic E-state index is 0.00247. The summed E-state index contributed by atoms with van der Waals surface area (Å²) in [4.78, 5) is 19.1. The number of rotatable bonds is 7. The van der Waals surface area contributed by atoms with Gasteiger partial charge in [0.1, 0.15) is 23.7 Å². The van der Waals surface area contributed by atoms with Crippen molar-refractivity contribution in [3.63, 3.8) is 0 Å². The number of aromatic nitrogens is 2. The molecule has 0 amide bonds. The average Bonchev–Trinajstić information content (AvgIpc) is 3.20. The third-order valence-electron chi connectivity index (χ3n) is 5.88. The number of piperazine rings is 1.